The minimum absolute atomic E-state index is 0.0216. The van der Waals surface area contributed by atoms with E-state index in [1.807, 2.05) is 6.92 Å². The maximum Gasteiger partial charge on any atom is 0.410 e. The third-order valence-corrected chi connectivity index (χ3v) is 5.66. The van der Waals surface area contributed by atoms with Crippen molar-refractivity contribution in [2.45, 2.75) is 38.4 Å². The van der Waals surface area contributed by atoms with Gasteiger partial charge >= 0.3 is 6.09 Å². The van der Waals surface area contributed by atoms with Crippen molar-refractivity contribution in [3.8, 4) is 11.3 Å². The molecule has 1 atom stereocenters. The maximum absolute atomic E-state index is 12.7. The van der Waals surface area contributed by atoms with Gasteiger partial charge in [0, 0.05) is 43.0 Å². The molecule has 4 rings (SSSR count). The van der Waals surface area contributed by atoms with Crippen LogP contribution in [0, 0.1) is 10.1 Å². The highest BCUT2D eigenvalue weighted by Crippen LogP contribution is 2.24. The molecule has 1 aromatic heterocycles. The predicted molar refractivity (Wildman–Crippen MR) is 107 cm³/mol. The van der Waals surface area contributed by atoms with E-state index in [1.165, 1.54) is 12.1 Å². The number of likely N-dealkylation sites (tertiary alicyclic amines) is 1. The van der Waals surface area contributed by atoms with Gasteiger partial charge in [-0.25, -0.2) is 4.79 Å². The lowest BCUT2D eigenvalue weighted by molar-refractivity contribution is -0.384. The highest BCUT2D eigenvalue weighted by Gasteiger charge is 2.37. The van der Waals surface area contributed by atoms with Crippen molar-refractivity contribution in [2.24, 2.45) is 0 Å². The van der Waals surface area contributed by atoms with Gasteiger partial charge in [-0.3, -0.25) is 24.5 Å². The molecular weight excluding hydrogens is 390 g/mol. The zero-order chi connectivity index (χ0) is 21.3. The minimum Gasteiger partial charge on any atom is -0.447 e. The average molecular weight is 413 g/mol. The first kappa shape index (κ1) is 19.9. The largest absolute Gasteiger partial charge is 0.447 e. The summed E-state index contributed by atoms with van der Waals surface area (Å²) in [6.45, 7) is 3.71. The van der Waals surface area contributed by atoms with Crippen molar-refractivity contribution >= 4 is 17.7 Å². The van der Waals surface area contributed by atoms with Crippen LogP contribution in [0.2, 0.25) is 0 Å². The number of nitrogens with zero attached hydrogens (tertiary/aromatic N) is 5. The number of carbonyl (C=O) groups is 2. The van der Waals surface area contributed by atoms with E-state index in [0.717, 1.165) is 18.4 Å². The number of hydrogen-bond donors (Lipinski definition) is 0. The highest BCUT2D eigenvalue weighted by atomic mass is 16.6. The molecule has 2 fully saturated rings. The first-order chi connectivity index (χ1) is 14.4. The minimum atomic E-state index is -0.447. The van der Waals surface area contributed by atoms with Gasteiger partial charge in [-0.1, -0.05) is 0 Å². The Hall–Kier alpha value is -3.43. The zero-order valence-electron chi connectivity index (χ0n) is 16.6. The van der Waals surface area contributed by atoms with Crippen LogP contribution < -0.4 is 0 Å². The van der Waals surface area contributed by atoms with Gasteiger partial charge in [0.05, 0.1) is 16.7 Å². The summed E-state index contributed by atoms with van der Waals surface area (Å²) in [5.74, 6) is -0.0242. The molecule has 10 nitrogen and oxygen atoms in total. The molecule has 2 aromatic rings. The molecule has 0 radical (unpaired) electrons. The van der Waals surface area contributed by atoms with Crippen LogP contribution >= 0.6 is 0 Å². The summed E-state index contributed by atoms with van der Waals surface area (Å²) in [4.78, 5) is 38.5. The van der Waals surface area contributed by atoms with Crippen LogP contribution in [0.5, 0.6) is 0 Å². The Balaban J connectivity index is 1.33. The number of hydrogen-bond acceptors (Lipinski definition) is 6. The summed E-state index contributed by atoms with van der Waals surface area (Å²) in [7, 11) is 0. The Kier molecular flexibility index (Phi) is 5.39. The second-order valence-corrected chi connectivity index (χ2v) is 7.65. The second kappa shape index (κ2) is 8.13. The summed E-state index contributed by atoms with van der Waals surface area (Å²) in [5, 5.41) is 15.2. The van der Waals surface area contributed by atoms with E-state index in [4.69, 9.17) is 4.74 Å². The van der Waals surface area contributed by atoms with Gasteiger partial charge in [0.15, 0.2) is 0 Å². The van der Waals surface area contributed by atoms with E-state index in [0.29, 0.717) is 25.4 Å². The third-order valence-electron chi connectivity index (χ3n) is 5.66. The molecule has 0 aliphatic carbocycles. The number of nitro benzene ring substituents is 1. The second-order valence-electron chi connectivity index (χ2n) is 7.65. The van der Waals surface area contributed by atoms with Gasteiger partial charge < -0.3 is 9.64 Å². The number of benzene rings is 1. The molecule has 3 heterocycles. The predicted octanol–water partition coefficient (Wildman–Crippen LogP) is 2.29. The first-order valence-electron chi connectivity index (χ1n) is 9.93. The average Bonchev–Trinajstić information content (AvgIpc) is 3.34. The molecule has 2 aliphatic heterocycles. The van der Waals surface area contributed by atoms with E-state index >= 15 is 0 Å². The van der Waals surface area contributed by atoms with Crippen LogP contribution in [-0.4, -0.2) is 68.3 Å². The Labute approximate surface area is 173 Å². The lowest BCUT2D eigenvalue weighted by Gasteiger charge is -2.37. The number of aromatic nitrogens is 2. The molecule has 2 saturated heterocycles. The van der Waals surface area contributed by atoms with Gasteiger partial charge in [0.2, 0.25) is 5.91 Å². The van der Waals surface area contributed by atoms with Crippen molar-refractivity contribution in [1.82, 2.24) is 19.6 Å². The van der Waals surface area contributed by atoms with E-state index < -0.39 is 4.92 Å². The topological polar surface area (TPSA) is 111 Å². The van der Waals surface area contributed by atoms with Gasteiger partial charge in [0.25, 0.3) is 5.69 Å². The summed E-state index contributed by atoms with van der Waals surface area (Å²) in [6, 6.07) is 8.11. The van der Waals surface area contributed by atoms with Crippen molar-refractivity contribution in [2.75, 3.05) is 19.7 Å². The van der Waals surface area contributed by atoms with Gasteiger partial charge in [-0.05, 0) is 38.0 Å². The molecule has 10 heteroatoms. The number of cyclic esters (lactones) is 1. The van der Waals surface area contributed by atoms with Crippen LogP contribution in [0.3, 0.4) is 0 Å². The summed E-state index contributed by atoms with van der Waals surface area (Å²) >= 11 is 0. The van der Waals surface area contributed by atoms with Gasteiger partial charge in [0.1, 0.15) is 13.2 Å². The Morgan fingerprint density at radius 1 is 1.23 bits per heavy atom. The normalized spacial score (nSPS) is 19.8. The monoisotopic (exact) mass is 413 g/mol. The first-order valence-corrected chi connectivity index (χ1v) is 9.93. The molecule has 0 spiro atoms. The Morgan fingerprint density at radius 2 is 1.93 bits per heavy atom. The van der Waals surface area contributed by atoms with Crippen LogP contribution in [-0.2, 0) is 16.1 Å². The molecule has 2 aliphatic rings. The zero-order valence-corrected chi connectivity index (χ0v) is 16.6. The smallest absolute Gasteiger partial charge is 0.410 e. The standard InChI is InChI=1S/C20H23N5O5/c1-14-13-30-20(27)24(14)16-6-9-22(10-7-16)19(26)12-23-11-8-18(21-23)15-2-4-17(5-3-15)25(28)29/h2-5,8,11,14,16H,6-7,9-10,12-13H2,1H3. The fourth-order valence-electron chi connectivity index (χ4n) is 4.03. The van der Waals surface area contributed by atoms with E-state index in [-0.39, 0.29) is 36.3 Å². The summed E-state index contributed by atoms with van der Waals surface area (Å²) in [6.07, 6.45) is 2.93. The van der Waals surface area contributed by atoms with Crippen molar-refractivity contribution < 1.29 is 19.2 Å². The van der Waals surface area contributed by atoms with Gasteiger partial charge in [-0.2, -0.15) is 5.10 Å². The number of ether oxygens (including phenoxy) is 1. The number of amides is 2. The van der Waals surface area contributed by atoms with Crippen LogP contribution in [0.15, 0.2) is 36.5 Å². The van der Waals surface area contributed by atoms with Crippen molar-refractivity contribution in [1.29, 1.82) is 0 Å². The summed E-state index contributed by atoms with van der Waals surface area (Å²) in [5.41, 5.74) is 1.42. The lowest BCUT2D eigenvalue weighted by atomic mass is 10.0. The number of rotatable bonds is 5. The summed E-state index contributed by atoms with van der Waals surface area (Å²) < 4.78 is 6.68. The SMILES string of the molecule is CC1COC(=O)N1C1CCN(C(=O)Cn2ccc(-c3ccc([N+](=O)[O-])cc3)n2)CC1. The number of carbonyl (C=O) groups excluding carboxylic acids is 2. The van der Waals surface area contributed by atoms with E-state index in [1.54, 1.807) is 38.9 Å². The molecule has 2 amide bonds. The Morgan fingerprint density at radius 3 is 2.53 bits per heavy atom. The third kappa shape index (κ3) is 3.98. The number of piperidine rings is 1. The molecule has 1 unspecified atom stereocenters. The van der Waals surface area contributed by atoms with Crippen LogP contribution in [0.25, 0.3) is 11.3 Å². The Bertz CT molecular complexity index is 949. The van der Waals surface area contributed by atoms with Crippen LogP contribution in [0.4, 0.5) is 10.5 Å². The number of nitro groups is 1. The van der Waals surface area contributed by atoms with E-state index in [2.05, 4.69) is 5.10 Å². The fraction of sp³-hybridized carbons (Fsp3) is 0.450. The fourth-order valence-corrected chi connectivity index (χ4v) is 4.03. The van der Waals surface area contributed by atoms with E-state index in [9.17, 15) is 19.7 Å². The van der Waals surface area contributed by atoms with Crippen molar-refractivity contribution in [3.63, 3.8) is 0 Å². The lowest BCUT2D eigenvalue weighted by Crippen LogP contribution is -2.49. The molecule has 30 heavy (non-hydrogen) atoms. The molecule has 0 N–H and O–H groups in total. The highest BCUT2D eigenvalue weighted by molar-refractivity contribution is 5.76. The van der Waals surface area contributed by atoms with Crippen LogP contribution in [0.1, 0.15) is 19.8 Å². The molecule has 158 valence electrons. The molecule has 0 bridgehead atoms. The number of non-ortho nitro benzene ring substituents is 1. The van der Waals surface area contributed by atoms with Gasteiger partial charge in [-0.15, -0.1) is 0 Å². The molecule has 0 saturated carbocycles. The quantitative estimate of drug-likeness (QED) is 0.549. The molecule has 1 aromatic carbocycles. The molecular formula is C20H23N5O5. The van der Waals surface area contributed by atoms with Crippen molar-refractivity contribution in [3.05, 3.63) is 46.6 Å². The maximum atomic E-state index is 12.7.